The number of nitrogens with zero attached hydrogens (tertiary/aromatic N) is 1. The first-order valence-corrected chi connectivity index (χ1v) is 5.79. The molecule has 15 heavy (non-hydrogen) atoms. The van der Waals surface area contributed by atoms with Gasteiger partial charge in [0, 0.05) is 19.6 Å². The molecule has 1 rings (SSSR count). The van der Waals surface area contributed by atoms with Crippen LogP contribution < -0.4 is 10.6 Å². The second-order valence-electron chi connectivity index (χ2n) is 4.35. The van der Waals surface area contributed by atoms with Gasteiger partial charge in [0.1, 0.15) is 0 Å². The first kappa shape index (κ1) is 12.5. The van der Waals surface area contributed by atoms with Crippen LogP contribution in [0.3, 0.4) is 0 Å². The molecular formula is C11H23N3O. The Kier molecular flexibility index (Phi) is 5.05. The van der Waals surface area contributed by atoms with Crippen molar-refractivity contribution in [2.75, 3.05) is 33.7 Å². The maximum atomic E-state index is 12.0. The molecular weight excluding hydrogens is 190 g/mol. The highest BCUT2D eigenvalue weighted by atomic mass is 16.2. The molecule has 0 spiro atoms. The fourth-order valence-electron chi connectivity index (χ4n) is 2.08. The smallest absolute Gasteiger partial charge is 0.227 e. The minimum Gasteiger partial charge on any atom is -0.345 e. The summed E-state index contributed by atoms with van der Waals surface area (Å²) >= 11 is 0. The maximum absolute atomic E-state index is 12.0. The lowest BCUT2D eigenvalue weighted by Gasteiger charge is -2.23. The third kappa shape index (κ3) is 3.47. The van der Waals surface area contributed by atoms with Crippen LogP contribution in [0.25, 0.3) is 0 Å². The van der Waals surface area contributed by atoms with E-state index in [1.165, 1.54) is 0 Å². The van der Waals surface area contributed by atoms with Crippen molar-refractivity contribution in [2.24, 2.45) is 5.92 Å². The van der Waals surface area contributed by atoms with Gasteiger partial charge in [-0.2, -0.15) is 0 Å². The minimum absolute atomic E-state index is 0.185. The van der Waals surface area contributed by atoms with E-state index in [1.807, 2.05) is 19.0 Å². The van der Waals surface area contributed by atoms with Gasteiger partial charge in [-0.25, -0.2) is 0 Å². The van der Waals surface area contributed by atoms with Gasteiger partial charge in [-0.3, -0.25) is 4.79 Å². The van der Waals surface area contributed by atoms with Crippen LogP contribution in [-0.2, 0) is 4.79 Å². The molecule has 4 heteroatoms. The summed E-state index contributed by atoms with van der Waals surface area (Å²) in [6.45, 7) is 4.89. The van der Waals surface area contributed by atoms with Gasteiger partial charge in [-0.05, 0) is 39.9 Å². The van der Waals surface area contributed by atoms with Crippen molar-refractivity contribution < 1.29 is 4.79 Å². The summed E-state index contributed by atoms with van der Waals surface area (Å²) in [7, 11) is 3.84. The van der Waals surface area contributed by atoms with Gasteiger partial charge in [0.25, 0.3) is 0 Å². The van der Waals surface area contributed by atoms with Gasteiger partial charge in [0.05, 0.1) is 5.92 Å². The molecule has 2 N–H and O–H groups in total. The summed E-state index contributed by atoms with van der Waals surface area (Å²) in [6, 6.07) is 0.337. The van der Waals surface area contributed by atoms with Crippen LogP contribution >= 0.6 is 0 Å². The molecule has 0 aromatic rings. The lowest BCUT2D eigenvalue weighted by molar-refractivity contribution is -0.134. The molecule has 0 radical (unpaired) electrons. The normalized spacial score (nSPS) is 25.5. The van der Waals surface area contributed by atoms with Gasteiger partial charge in [0.15, 0.2) is 0 Å². The summed E-state index contributed by atoms with van der Waals surface area (Å²) in [5.74, 6) is 0.480. The fraction of sp³-hybridized carbons (Fsp3) is 0.909. The molecule has 0 aromatic carbocycles. The Balaban J connectivity index is 2.31. The molecule has 2 atom stereocenters. The fourth-order valence-corrected chi connectivity index (χ4v) is 2.08. The molecule has 0 aromatic heterocycles. The van der Waals surface area contributed by atoms with Crippen LogP contribution in [0.2, 0.25) is 0 Å². The second kappa shape index (κ2) is 6.08. The molecule has 0 bridgehead atoms. The molecule has 4 nitrogen and oxygen atoms in total. The maximum Gasteiger partial charge on any atom is 0.227 e. The van der Waals surface area contributed by atoms with E-state index in [0.29, 0.717) is 11.9 Å². The number of rotatable bonds is 5. The Morgan fingerprint density at radius 1 is 1.60 bits per heavy atom. The van der Waals surface area contributed by atoms with Crippen molar-refractivity contribution in [3.63, 3.8) is 0 Å². The van der Waals surface area contributed by atoms with Crippen LogP contribution in [0.15, 0.2) is 0 Å². The van der Waals surface area contributed by atoms with Crippen LogP contribution in [0.5, 0.6) is 0 Å². The van der Waals surface area contributed by atoms with Crippen LogP contribution in [0.1, 0.15) is 19.8 Å². The summed E-state index contributed by atoms with van der Waals surface area (Å²) in [5, 5.41) is 6.40. The van der Waals surface area contributed by atoms with E-state index in [-0.39, 0.29) is 5.92 Å². The topological polar surface area (TPSA) is 44.4 Å². The molecule has 2 unspecified atom stereocenters. The number of nitrogens with one attached hydrogen (secondary N) is 2. The minimum atomic E-state index is 0.185. The Hall–Kier alpha value is -0.610. The third-order valence-corrected chi connectivity index (χ3v) is 3.14. The van der Waals surface area contributed by atoms with Crippen molar-refractivity contribution in [3.05, 3.63) is 0 Å². The van der Waals surface area contributed by atoms with Gasteiger partial charge in [0.2, 0.25) is 5.91 Å². The number of carbonyl (C=O) groups excluding carboxylic acids is 1. The molecule has 0 aliphatic carbocycles. The summed E-state index contributed by atoms with van der Waals surface area (Å²) in [4.78, 5) is 13.9. The van der Waals surface area contributed by atoms with Gasteiger partial charge >= 0.3 is 0 Å². The monoisotopic (exact) mass is 213 g/mol. The average molecular weight is 213 g/mol. The van der Waals surface area contributed by atoms with Crippen LogP contribution in [0, 0.1) is 5.92 Å². The quantitative estimate of drug-likeness (QED) is 0.634. The Morgan fingerprint density at radius 3 is 2.87 bits per heavy atom. The second-order valence-corrected chi connectivity index (χ2v) is 4.35. The molecule has 1 fully saturated rings. The van der Waals surface area contributed by atoms with Gasteiger partial charge in [-0.1, -0.05) is 0 Å². The first-order valence-electron chi connectivity index (χ1n) is 5.79. The van der Waals surface area contributed by atoms with Gasteiger partial charge < -0.3 is 15.5 Å². The molecule has 1 amide bonds. The zero-order valence-electron chi connectivity index (χ0n) is 10.0. The highest BCUT2D eigenvalue weighted by Crippen LogP contribution is 2.17. The number of carbonyl (C=O) groups is 1. The highest BCUT2D eigenvalue weighted by molar-refractivity contribution is 5.79. The van der Waals surface area contributed by atoms with Crippen LogP contribution in [-0.4, -0.2) is 50.6 Å². The highest BCUT2D eigenvalue weighted by Gasteiger charge is 2.30. The van der Waals surface area contributed by atoms with Crippen molar-refractivity contribution in [3.8, 4) is 0 Å². The zero-order valence-corrected chi connectivity index (χ0v) is 10.0. The Morgan fingerprint density at radius 2 is 2.33 bits per heavy atom. The lowest BCUT2D eigenvalue weighted by Crippen LogP contribution is -2.39. The van der Waals surface area contributed by atoms with E-state index in [4.69, 9.17) is 0 Å². The summed E-state index contributed by atoms with van der Waals surface area (Å²) < 4.78 is 0. The SMILES string of the molecule is CNCCCN(C)C(=O)C1CCNC1C. The molecule has 0 saturated carbocycles. The standard InChI is InChI=1S/C11H23N3O/c1-9-10(5-7-13-9)11(15)14(3)8-4-6-12-2/h9-10,12-13H,4-8H2,1-3H3. The lowest BCUT2D eigenvalue weighted by atomic mass is 10.0. The van der Waals surface area contributed by atoms with E-state index in [0.717, 1.165) is 32.5 Å². The van der Waals surface area contributed by atoms with Crippen molar-refractivity contribution in [1.82, 2.24) is 15.5 Å². The number of amides is 1. The third-order valence-electron chi connectivity index (χ3n) is 3.14. The van der Waals surface area contributed by atoms with E-state index < -0.39 is 0 Å². The Bertz CT molecular complexity index is 208. The number of hydrogen-bond donors (Lipinski definition) is 2. The molecule has 88 valence electrons. The van der Waals surface area contributed by atoms with Crippen molar-refractivity contribution in [1.29, 1.82) is 0 Å². The number of hydrogen-bond acceptors (Lipinski definition) is 3. The van der Waals surface area contributed by atoms with Gasteiger partial charge in [-0.15, -0.1) is 0 Å². The Labute approximate surface area is 92.4 Å². The van der Waals surface area contributed by atoms with Crippen molar-refractivity contribution >= 4 is 5.91 Å². The molecule has 1 saturated heterocycles. The van der Waals surface area contributed by atoms with E-state index in [9.17, 15) is 4.79 Å². The van der Waals surface area contributed by atoms with Crippen LogP contribution in [0.4, 0.5) is 0 Å². The molecule has 1 aliphatic rings. The molecule has 1 aliphatic heterocycles. The summed E-state index contributed by atoms with van der Waals surface area (Å²) in [5.41, 5.74) is 0. The van der Waals surface area contributed by atoms with Crippen molar-refractivity contribution in [2.45, 2.75) is 25.8 Å². The van der Waals surface area contributed by atoms with E-state index in [1.54, 1.807) is 0 Å². The largest absolute Gasteiger partial charge is 0.345 e. The average Bonchev–Trinajstić information content (AvgIpc) is 2.63. The zero-order chi connectivity index (χ0) is 11.3. The predicted molar refractivity (Wildman–Crippen MR) is 61.8 cm³/mol. The van der Waals surface area contributed by atoms with E-state index in [2.05, 4.69) is 17.6 Å². The predicted octanol–water partition coefficient (Wildman–Crippen LogP) is 0.0523. The van der Waals surface area contributed by atoms with E-state index >= 15 is 0 Å². The molecule has 1 heterocycles. The first-order chi connectivity index (χ1) is 7.16. The summed E-state index contributed by atoms with van der Waals surface area (Å²) in [6.07, 6.45) is 2.00.